The van der Waals surface area contributed by atoms with Crippen LogP contribution in [-0.2, 0) is 4.79 Å². The number of halogens is 1. The van der Waals surface area contributed by atoms with E-state index < -0.39 is 0 Å². The Morgan fingerprint density at radius 2 is 1.61 bits per heavy atom. The lowest BCUT2D eigenvalue weighted by molar-refractivity contribution is -0.139. The van der Waals surface area contributed by atoms with Crippen molar-refractivity contribution in [1.82, 2.24) is 10.2 Å². The Labute approximate surface area is 165 Å². The SMILES string of the molecule is NC1C2CCCC1CC(C(=O)N1CCC(NC(=O)c3ccc(F)cc3)CC1)C2. The van der Waals surface area contributed by atoms with Gasteiger partial charge in [0.1, 0.15) is 5.82 Å². The van der Waals surface area contributed by atoms with Gasteiger partial charge in [-0.3, -0.25) is 9.59 Å². The molecule has 1 aromatic rings. The fraction of sp³-hybridized carbons (Fsp3) is 0.636. The fourth-order valence-corrected chi connectivity index (χ4v) is 5.36. The number of piperidine rings is 1. The number of carbonyl (C=O) groups excluding carboxylic acids is 2. The summed E-state index contributed by atoms with van der Waals surface area (Å²) >= 11 is 0. The molecule has 1 aliphatic heterocycles. The summed E-state index contributed by atoms with van der Waals surface area (Å²) in [6, 6.07) is 5.91. The third-order valence-corrected chi connectivity index (χ3v) is 7.01. The number of rotatable bonds is 3. The molecule has 1 aromatic carbocycles. The van der Waals surface area contributed by atoms with Gasteiger partial charge in [0.2, 0.25) is 5.91 Å². The molecule has 2 aliphatic carbocycles. The second kappa shape index (κ2) is 8.19. The number of nitrogens with zero attached hydrogens (tertiary/aromatic N) is 1. The van der Waals surface area contributed by atoms with Gasteiger partial charge in [-0.15, -0.1) is 0 Å². The van der Waals surface area contributed by atoms with E-state index in [1.54, 1.807) is 0 Å². The lowest BCUT2D eigenvalue weighted by Gasteiger charge is -2.45. The highest BCUT2D eigenvalue weighted by Gasteiger charge is 2.42. The summed E-state index contributed by atoms with van der Waals surface area (Å²) in [5.41, 5.74) is 6.82. The number of likely N-dealkylation sites (tertiary alicyclic amines) is 1. The Balaban J connectivity index is 1.27. The van der Waals surface area contributed by atoms with Gasteiger partial charge in [0.25, 0.3) is 5.91 Å². The van der Waals surface area contributed by atoms with E-state index in [1.165, 1.54) is 43.5 Å². The number of hydrogen-bond donors (Lipinski definition) is 2. The molecular weight excluding hydrogens is 357 g/mol. The molecule has 0 aromatic heterocycles. The molecule has 2 atom stereocenters. The molecule has 28 heavy (non-hydrogen) atoms. The van der Waals surface area contributed by atoms with E-state index in [2.05, 4.69) is 5.32 Å². The monoisotopic (exact) mass is 387 g/mol. The van der Waals surface area contributed by atoms with Crippen LogP contribution in [0.25, 0.3) is 0 Å². The van der Waals surface area contributed by atoms with Gasteiger partial charge in [-0.25, -0.2) is 4.39 Å². The van der Waals surface area contributed by atoms with Gasteiger partial charge in [0.15, 0.2) is 0 Å². The van der Waals surface area contributed by atoms with E-state index in [4.69, 9.17) is 5.73 Å². The number of hydrogen-bond acceptors (Lipinski definition) is 3. The summed E-state index contributed by atoms with van der Waals surface area (Å²) in [7, 11) is 0. The van der Waals surface area contributed by atoms with Gasteiger partial charge >= 0.3 is 0 Å². The molecule has 3 aliphatic rings. The first-order valence-electron chi connectivity index (χ1n) is 10.6. The molecule has 0 spiro atoms. The number of nitrogens with two attached hydrogens (primary N) is 1. The van der Waals surface area contributed by atoms with Gasteiger partial charge in [-0.2, -0.15) is 0 Å². The predicted molar refractivity (Wildman–Crippen MR) is 105 cm³/mol. The zero-order valence-electron chi connectivity index (χ0n) is 16.3. The normalized spacial score (nSPS) is 30.7. The number of nitrogens with one attached hydrogen (secondary N) is 1. The molecule has 3 fully saturated rings. The molecule has 3 N–H and O–H groups in total. The largest absolute Gasteiger partial charge is 0.349 e. The highest BCUT2D eigenvalue weighted by atomic mass is 19.1. The lowest BCUT2D eigenvalue weighted by Crippen LogP contribution is -2.52. The maximum atomic E-state index is 13.0. The summed E-state index contributed by atoms with van der Waals surface area (Å²) in [4.78, 5) is 27.3. The van der Waals surface area contributed by atoms with Crippen LogP contribution in [0.15, 0.2) is 24.3 Å². The summed E-state index contributed by atoms with van der Waals surface area (Å²) in [6.07, 6.45) is 6.99. The highest BCUT2D eigenvalue weighted by molar-refractivity contribution is 5.94. The van der Waals surface area contributed by atoms with Gasteiger partial charge in [-0.1, -0.05) is 6.42 Å². The Morgan fingerprint density at radius 1 is 1.00 bits per heavy atom. The van der Waals surface area contributed by atoms with Crippen LogP contribution in [0, 0.1) is 23.6 Å². The minimum atomic E-state index is -0.351. The van der Waals surface area contributed by atoms with Crippen LogP contribution < -0.4 is 11.1 Å². The molecule has 152 valence electrons. The standard InChI is InChI=1S/C22H30FN3O2/c23-18-6-4-14(5-7-18)21(27)25-19-8-10-26(11-9-19)22(28)17-12-15-2-1-3-16(13-17)20(15)24/h4-7,15-17,19-20H,1-3,8-13,24H2,(H,25,27). The Morgan fingerprint density at radius 3 is 2.21 bits per heavy atom. The Kier molecular flexibility index (Phi) is 5.67. The third-order valence-electron chi connectivity index (χ3n) is 7.01. The van der Waals surface area contributed by atoms with Crippen molar-refractivity contribution in [2.75, 3.05) is 13.1 Å². The van der Waals surface area contributed by atoms with Gasteiger partial charge in [0.05, 0.1) is 0 Å². The smallest absolute Gasteiger partial charge is 0.251 e. The van der Waals surface area contributed by atoms with Crippen molar-refractivity contribution in [2.45, 2.75) is 57.0 Å². The number of amides is 2. The topological polar surface area (TPSA) is 75.4 Å². The average molecular weight is 387 g/mol. The Hall–Kier alpha value is -1.95. The molecule has 2 saturated carbocycles. The average Bonchev–Trinajstić information content (AvgIpc) is 2.68. The van der Waals surface area contributed by atoms with Crippen LogP contribution in [0.5, 0.6) is 0 Å². The molecule has 5 nitrogen and oxygen atoms in total. The van der Waals surface area contributed by atoms with Crippen molar-refractivity contribution in [1.29, 1.82) is 0 Å². The molecule has 2 unspecified atom stereocenters. The van der Waals surface area contributed by atoms with Crippen LogP contribution in [-0.4, -0.2) is 41.9 Å². The van der Waals surface area contributed by atoms with Crippen LogP contribution in [0.3, 0.4) is 0 Å². The van der Waals surface area contributed by atoms with Crippen LogP contribution in [0.4, 0.5) is 4.39 Å². The Bertz CT molecular complexity index is 701. The third kappa shape index (κ3) is 4.07. The molecule has 1 saturated heterocycles. The molecule has 2 bridgehead atoms. The molecule has 4 rings (SSSR count). The summed E-state index contributed by atoms with van der Waals surface area (Å²) in [5.74, 6) is 0.894. The van der Waals surface area contributed by atoms with Crippen molar-refractivity contribution in [3.63, 3.8) is 0 Å². The summed E-state index contributed by atoms with van der Waals surface area (Å²) < 4.78 is 13.0. The van der Waals surface area contributed by atoms with Crippen LogP contribution in [0.1, 0.15) is 55.3 Å². The van der Waals surface area contributed by atoms with E-state index in [0.717, 1.165) is 25.7 Å². The minimum Gasteiger partial charge on any atom is -0.349 e. The van der Waals surface area contributed by atoms with Gasteiger partial charge < -0.3 is 16.0 Å². The number of benzene rings is 1. The van der Waals surface area contributed by atoms with Crippen molar-refractivity contribution in [3.8, 4) is 0 Å². The zero-order valence-corrected chi connectivity index (χ0v) is 16.3. The summed E-state index contributed by atoms with van der Waals surface area (Å²) in [5, 5.41) is 3.02. The van der Waals surface area contributed by atoms with Gasteiger partial charge in [0, 0.05) is 36.7 Å². The summed E-state index contributed by atoms with van der Waals surface area (Å²) in [6.45, 7) is 1.37. The van der Waals surface area contributed by atoms with E-state index in [-0.39, 0.29) is 35.6 Å². The van der Waals surface area contributed by atoms with E-state index in [0.29, 0.717) is 30.5 Å². The quantitative estimate of drug-likeness (QED) is 0.837. The van der Waals surface area contributed by atoms with E-state index in [1.807, 2.05) is 4.90 Å². The highest BCUT2D eigenvalue weighted by Crippen LogP contribution is 2.42. The second-order valence-electron chi connectivity index (χ2n) is 8.78. The van der Waals surface area contributed by atoms with Crippen LogP contribution >= 0.6 is 0 Å². The molecule has 6 heteroatoms. The van der Waals surface area contributed by atoms with E-state index >= 15 is 0 Å². The maximum absolute atomic E-state index is 13.0. The zero-order chi connectivity index (χ0) is 19.7. The minimum absolute atomic E-state index is 0.0563. The number of carbonyl (C=O) groups is 2. The first-order valence-corrected chi connectivity index (χ1v) is 10.6. The molecule has 2 amide bonds. The first kappa shape index (κ1) is 19.4. The van der Waals surface area contributed by atoms with Crippen molar-refractivity contribution in [2.24, 2.45) is 23.5 Å². The van der Waals surface area contributed by atoms with Crippen molar-refractivity contribution >= 4 is 11.8 Å². The van der Waals surface area contributed by atoms with E-state index in [9.17, 15) is 14.0 Å². The first-order chi connectivity index (χ1) is 13.5. The maximum Gasteiger partial charge on any atom is 0.251 e. The molecule has 0 radical (unpaired) electrons. The predicted octanol–water partition coefficient (Wildman–Crippen LogP) is 2.70. The lowest BCUT2D eigenvalue weighted by atomic mass is 9.65. The number of fused-ring (bicyclic) bond motifs is 2. The van der Waals surface area contributed by atoms with Gasteiger partial charge in [-0.05, 0) is 74.6 Å². The molecular formula is C22H30FN3O2. The fourth-order valence-electron chi connectivity index (χ4n) is 5.36. The molecule has 1 heterocycles. The van der Waals surface area contributed by atoms with Crippen LogP contribution in [0.2, 0.25) is 0 Å². The van der Waals surface area contributed by atoms with Crippen molar-refractivity contribution in [3.05, 3.63) is 35.6 Å². The second-order valence-corrected chi connectivity index (χ2v) is 8.78. The van der Waals surface area contributed by atoms with Crippen molar-refractivity contribution < 1.29 is 14.0 Å².